The third kappa shape index (κ3) is 4.07. The van der Waals surface area contributed by atoms with Gasteiger partial charge in [0.2, 0.25) is 5.91 Å². The van der Waals surface area contributed by atoms with Crippen LogP contribution in [0.25, 0.3) is 0 Å². The van der Waals surface area contributed by atoms with Gasteiger partial charge in [-0.25, -0.2) is 4.39 Å². The van der Waals surface area contributed by atoms with Gasteiger partial charge in [0.25, 0.3) is 0 Å². The zero-order valence-corrected chi connectivity index (χ0v) is 13.2. The highest BCUT2D eigenvalue weighted by atomic mass is 19.1. The summed E-state index contributed by atoms with van der Waals surface area (Å²) >= 11 is 0. The van der Waals surface area contributed by atoms with Gasteiger partial charge in [0, 0.05) is 31.8 Å². The minimum atomic E-state index is -0.596. The predicted molar refractivity (Wildman–Crippen MR) is 83.3 cm³/mol. The van der Waals surface area contributed by atoms with Crippen molar-refractivity contribution in [1.29, 1.82) is 0 Å². The molecular formula is C17H23FN2O3. The van der Waals surface area contributed by atoms with Crippen LogP contribution in [0.2, 0.25) is 0 Å². The molecule has 2 saturated heterocycles. The summed E-state index contributed by atoms with van der Waals surface area (Å²) < 4.78 is 25.4. The van der Waals surface area contributed by atoms with Gasteiger partial charge in [-0.3, -0.25) is 9.69 Å². The molecule has 1 amide bonds. The van der Waals surface area contributed by atoms with Crippen LogP contribution in [-0.2, 0) is 14.3 Å². The molecule has 0 spiro atoms. The molecule has 2 heterocycles. The van der Waals surface area contributed by atoms with Gasteiger partial charge in [-0.2, -0.15) is 0 Å². The summed E-state index contributed by atoms with van der Waals surface area (Å²) in [4.78, 5) is 14.2. The molecule has 2 fully saturated rings. The molecule has 1 aromatic carbocycles. The van der Waals surface area contributed by atoms with Gasteiger partial charge < -0.3 is 14.8 Å². The van der Waals surface area contributed by atoms with E-state index in [2.05, 4.69) is 5.32 Å². The van der Waals surface area contributed by atoms with Gasteiger partial charge in [0.1, 0.15) is 11.9 Å². The highest BCUT2D eigenvalue weighted by Gasteiger charge is 2.32. The van der Waals surface area contributed by atoms with Crippen LogP contribution in [0.3, 0.4) is 0 Å². The molecule has 0 saturated carbocycles. The van der Waals surface area contributed by atoms with Crippen LogP contribution < -0.4 is 5.32 Å². The van der Waals surface area contributed by atoms with Crippen LogP contribution in [-0.4, -0.2) is 49.9 Å². The van der Waals surface area contributed by atoms with E-state index in [1.807, 2.05) is 4.90 Å². The third-order valence-corrected chi connectivity index (χ3v) is 4.33. The fourth-order valence-corrected chi connectivity index (χ4v) is 3.13. The highest BCUT2D eigenvalue weighted by molar-refractivity contribution is 5.84. The molecule has 2 aliphatic heterocycles. The van der Waals surface area contributed by atoms with E-state index in [4.69, 9.17) is 9.47 Å². The Balaban J connectivity index is 1.61. The van der Waals surface area contributed by atoms with Crippen molar-refractivity contribution < 1.29 is 18.7 Å². The normalized spacial score (nSPS) is 26.0. The van der Waals surface area contributed by atoms with E-state index in [0.29, 0.717) is 31.8 Å². The van der Waals surface area contributed by atoms with Crippen molar-refractivity contribution in [3.8, 4) is 0 Å². The Bertz CT molecular complexity index is 534. The van der Waals surface area contributed by atoms with E-state index >= 15 is 0 Å². The topological polar surface area (TPSA) is 50.8 Å². The summed E-state index contributed by atoms with van der Waals surface area (Å²) in [7, 11) is 0. The molecular weight excluding hydrogens is 299 g/mol. The van der Waals surface area contributed by atoms with Gasteiger partial charge in [-0.1, -0.05) is 18.2 Å². The number of carbonyl (C=O) groups excluding carboxylic acids is 1. The SMILES string of the molecule is O=C1NCCN(CCO[C@H]2CCCCO2)[C@@H]1c1ccccc1F. The Hall–Kier alpha value is -1.50. The van der Waals surface area contributed by atoms with Crippen LogP contribution in [0.5, 0.6) is 0 Å². The molecule has 23 heavy (non-hydrogen) atoms. The molecule has 0 bridgehead atoms. The standard InChI is InChI=1S/C17H23FN2O3/c18-14-6-2-1-5-13(14)16-17(21)19-8-9-20(16)10-12-23-15-7-3-4-11-22-15/h1-2,5-6,15-16H,3-4,7-12H2,(H,19,21)/t15-,16+/m0/s1. The molecule has 6 heteroatoms. The van der Waals surface area contributed by atoms with Crippen molar-refractivity contribution >= 4 is 5.91 Å². The fourth-order valence-electron chi connectivity index (χ4n) is 3.13. The molecule has 0 aromatic heterocycles. The number of carbonyl (C=O) groups is 1. The molecule has 5 nitrogen and oxygen atoms in total. The van der Waals surface area contributed by atoms with E-state index in [-0.39, 0.29) is 18.0 Å². The number of hydrogen-bond donors (Lipinski definition) is 1. The summed E-state index contributed by atoms with van der Waals surface area (Å²) in [6.07, 6.45) is 2.97. The molecule has 0 aliphatic carbocycles. The second kappa shape index (κ2) is 7.86. The van der Waals surface area contributed by atoms with Crippen LogP contribution in [0.1, 0.15) is 30.9 Å². The number of ether oxygens (including phenoxy) is 2. The van der Waals surface area contributed by atoms with Crippen LogP contribution in [0, 0.1) is 5.82 Å². The largest absolute Gasteiger partial charge is 0.353 e. The van der Waals surface area contributed by atoms with Crippen molar-refractivity contribution in [2.24, 2.45) is 0 Å². The highest BCUT2D eigenvalue weighted by Crippen LogP contribution is 2.25. The van der Waals surface area contributed by atoms with Gasteiger partial charge in [0.15, 0.2) is 6.29 Å². The van der Waals surface area contributed by atoms with E-state index in [1.54, 1.807) is 18.2 Å². The summed E-state index contributed by atoms with van der Waals surface area (Å²) in [6.45, 7) is 3.05. The van der Waals surface area contributed by atoms with Crippen molar-refractivity contribution in [1.82, 2.24) is 10.2 Å². The maximum absolute atomic E-state index is 14.1. The lowest BCUT2D eigenvalue weighted by Gasteiger charge is -2.35. The van der Waals surface area contributed by atoms with Crippen LogP contribution in [0.4, 0.5) is 4.39 Å². The second-order valence-electron chi connectivity index (χ2n) is 5.92. The lowest BCUT2D eigenvalue weighted by atomic mass is 10.0. The number of piperazine rings is 1. The number of hydrogen-bond acceptors (Lipinski definition) is 4. The predicted octanol–water partition coefficient (Wildman–Crippen LogP) is 1.84. The summed E-state index contributed by atoms with van der Waals surface area (Å²) in [5.74, 6) is -0.508. The number of halogens is 1. The van der Waals surface area contributed by atoms with Gasteiger partial charge in [-0.05, 0) is 25.3 Å². The lowest BCUT2D eigenvalue weighted by molar-refractivity contribution is -0.165. The third-order valence-electron chi connectivity index (χ3n) is 4.33. The molecule has 126 valence electrons. The first-order valence-electron chi connectivity index (χ1n) is 8.25. The molecule has 2 atom stereocenters. The monoisotopic (exact) mass is 322 g/mol. The van der Waals surface area contributed by atoms with Crippen molar-refractivity contribution in [2.75, 3.05) is 32.8 Å². The molecule has 1 aromatic rings. The van der Waals surface area contributed by atoms with Gasteiger partial charge in [0.05, 0.1) is 6.61 Å². The van der Waals surface area contributed by atoms with E-state index in [9.17, 15) is 9.18 Å². The van der Waals surface area contributed by atoms with Crippen molar-refractivity contribution in [3.63, 3.8) is 0 Å². The Morgan fingerprint density at radius 1 is 1.35 bits per heavy atom. The maximum Gasteiger partial charge on any atom is 0.242 e. The number of benzene rings is 1. The zero-order chi connectivity index (χ0) is 16.1. The first kappa shape index (κ1) is 16.4. The minimum absolute atomic E-state index is 0.144. The number of amides is 1. The van der Waals surface area contributed by atoms with Gasteiger partial charge >= 0.3 is 0 Å². The van der Waals surface area contributed by atoms with Crippen molar-refractivity contribution in [3.05, 3.63) is 35.6 Å². The van der Waals surface area contributed by atoms with E-state index in [1.165, 1.54) is 6.07 Å². The summed E-state index contributed by atoms with van der Waals surface area (Å²) in [5, 5.41) is 2.81. The number of rotatable bonds is 5. The number of nitrogens with zero attached hydrogens (tertiary/aromatic N) is 1. The van der Waals surface area contributed by atoms with Crippen LogP contribution >= 0.6 is 0 Å². The first-order chi connectivity index (χ1) is 11.3. The van der Waals surface area contributed by atoms with E-state index in [0.717, 1.165) is 25.9 Å². The Morgan fingerprint density at radius 2 is 2.22 bits per heavy atom. The summed E-state index contributed by atoms with van der Waals surface area (Å²) in [6, 6.07) is 5.85. The van der Waals surface area contributed by atoms with E-state index < -0.39 is 6.04 Å². The quantitative estimate of drug-likeness (QED) is 0.899. The molecule has 0 radical (unpaired) electrons. The lowest BCUT2D eigenvalue weighted by Crippen LogP contribution is -2.51. The smallest absolute Gasteiger partial charge is 0.242 e. The fraction of sp³-hybridized carbons (Fsp3) is 0.588. The Labute approximate surface area is 135 Å². The second-order valence-corrected chi connectivity index (χ2v) is 5.92. The maximum atomic E-state index is 14.1. The zero-order valence-electron chi connectivity index (χ0n) is 13.2. The molecule has 1 N–H and O–H groups in total. The Morgan fingerprint density at radius 3 is 3.00 bits per heavy atom. The Kier molecular flexibility index (Phi) is 5.59. The number of nitrogens with one attached hydrogen (secondary N) is 1. The van der Waals surface area contributed by atoms with Gasteiger partial charge in [-0.15, -0.1) is 0 Å². The minimum Gasteiger partial charge on any atom is -0.353 e. The first-order valence-corrected chi connectivity index (χ1v) is 8.25. The molecule has 3 rings (SSSR count). The average molecular weight is 322 g/mol. The molecule has 0 unspecified atom stereocenters. The average Bonchev–Trinajstić information content (AvgIpc) is 2.57. The summed E-state index contributed by atoms with van der Waals surface area (Å²) in [5.41, 5.74) is 0.415. The van der Waals surface area contributed by atoms with Crippen LogP contribution in [0.15, 0.2) is 24.3 Å². The van der Waals surface area contributed by atoms with Crippen molar-refractivity contribution in [2.45, 2.75) is 31.6 Å². The molecule has 2 aliphatic rings.